The molecule has 0 aromatic heterocycles. The topological polar surface area (TPSA) is 29.1 Å². The number of carbonyl (C=O) groups excluding carboxylic acids is 1. The van der Waals surface area contributed by atoms with E-state index in [2.05, 4.69) is 37.2 Å². The third-order valence-electron chi connectivity index (χ3n) is 3.22. The molecule has 0 aliphatic heterocycles. The van der Waals surface area contributed by atoms with Crippen LogP contribution in [0.2, 0.25) is 0 Å². The number of rotatable bonds is 5. The summed E-state index contributed by atoms with van der Waals surface area (Å²) in [6.07, 6.45) is 1.33. The number of alkyl halides is 1. The molecule has 6 heteroatoms. The van der Waals surface area contributed by atoms with Crippen LogP contribution in [0.25, 0.3) is 0 Å². The van der Waals surface area contributed by atoms with Gasteiger partial charge in [-0.2, -0.15) is 0 Å². The lowest BCUT2D eigenvalue weighted by Gasteiger charge is -2.31. The van der Waals surface area contributed by atoms with E-state index in [0.29, 0.717) is 18.2 Å². The summed E-state index contributed by atoms with van der Waals surface area (Å²) < 4.78 is 27.7. The van der Waals surface area contributed by atoms with Gasteiger partial charge >= 0.3 is 0 Å². The average molecular weight is 399 g/mol. The van der Waals surface area contributed by atoms with Gasteiger partial charge in [-0.05, 0) is 25.0 Å². The van der Waals surface area contributed by atoms with Crippen molar-refractivity contribution in [3.63, 3.8) is 0 Å². The van der Waals surface area contributed by atoms with Crippen LogP contribution in [0.4, 0.5) is 8.78 Å². The molecule has 0 atom stereocenters. The molecule has 19 heavy (non-hydrogen) atoms. The second-order valence-electron chi connectivity index (χ2n) is 4.32. The van der Waals surface area contributed by atoms with Crippen molar-refractivity contribution in [3.05, 3.63) is 33.8 Å². The van der Waals surface area contributed by atoms with Crippen molar-refractivity contribution >= 4 is 37.8 Å². The summed E-state index contributed by atoms with van der Waals surface area (Å²) in [4.78, 5) is 12.1. The highest BCUT2D eigenvalue weighted by Gasteiger charge is 2.29. The molecule has 0 unspecified atom stereocenters. The highest BCUT2D eigenvalue weighted by molar-refractivity contribution is 9.10. The number of carbonyl (C=O) groups is 1. The van der Waals surface area contributed by atoms with Crippen LogP contribution in [0.1, 0.15) is 37.0 Å². The summed E-state index contributed by atoms with van der Waals surface area (Å²) in [5, 5.41) is 3.24. The largest absolute Gasteiger partial charge is 0.346 e. The summed E-state index contributed by atoms with van der Waals surface area (Å²) in [7, 11) is 0. The Morgan fingerprint density at radius 3 is 2.11 bits per heavy atom. The molecular weight excluding hydrogens is 384 g/mol. The van der Waals surface area contributed by atoms with Crippen molar-refractivity contribution in [3.8, 4) is 0 Å². The number of hydrogen-bond donors (Lipinski definition) is 1. The minimum atomic E-state index is -0.875. The summed E-state index contributed by atoms with van der Waals surface area (Å²) in [5.74, 6) is -2.48. The molecule has 1 N–H and O–H groups in total. The van der Waals surface area contributed by atoms with Crippen LogP contribution >= 0.6 is 31.9 Å². The van der Waals surface area contributed by atoms with Crippen LogP contribution < -0.4 is 5.32 Å². The maximum absolute atomic E-state index is 13.7. The van der Waals surface area contributed by atoms with E-state index in [-0.39, 0.29) is 4.47 Å². The molecule has 1 aromatic carbocycles. The molecule has 1 aromatic rings. The van der Waals surface area contributed by atoms with Crippen molar-refractivity contribution < 1.29 is 13.6 Å². The molecule has 1 rings (SSSR count). The molecule has 2 nitrogen and oxygen atoms in total. The Morgan fingerprint density at radius 2 is 1.74 bits per heavy atom. The van der Waals surface area contributed by atoms with Crippen LogP contribution in [-0.2, 0) is 0 Å². The number of benzene rings is 1. The van der Waals surface area contributed by atoms with Crippen LogP contribution in [0, 0.1) is 11.6 Å². The summed E-state index contributed by atoms with van der Waals surface area (Å²) in [6.45, 7) is 3.83. The van der Waals surface area contributed by atoms with E-state index in [4.69, 9.17) is 0 Å². The Morgan fingerprint density at radius 1 is 1.26 bits per heavy atom. The van der Waals surface area contributed by atoms with Gasteiger partial charge in [0.05, 0.1) is 0 Å². The fraction of sp³-hybridized carbons (Fsp3) is 0.462. The molecule has 0 heterocycles. The highest BCUT2D eigenvalue weighted by atomic mass is 79.9. The van der Waals surface area contributed by atoms with Gasteiger partial charge in [-0.15, -0.1) is 0 Å². The molecule has 0 fully saturated rings. The van der Waals surface area contributed by atoms with Crippen molar-refractivity contribution in [1.29, 1.82) is 0 Å². The summed E-state index contributed by atoms with van der Waals surface area (Å²) in [5.41, 5.74) is -1.04. The SMILES string of the molecule is CCC(CC)(CBr)NC(=O)c1c(F)cc(Br)cc1F. The average Bonchev–Trinajstić information content (AvgIpc) is 2.35. The van der Waals surface area contributed by atoms with E-state index in [1.165, 1.54) is 0 Å². The van der Waals surface area contributed by atoms with Gasteiger partial charge in [-0.1, -0.05) is 45.7 Å². The van der Waals surface area contributed by atoms with Crippen molar-refractivity contribution in [2.75, 3.05) is 5.33 Å². The number of amides is 1. The molecule has 0 spiro atoms. The number of hydrogen-bond acceptors (Lipinski definition) is 1. The lowest BCUT2D eigenvalue weighted by Crippen LogP contribution is -2.49. The normalized spacial score (nSPS) is 11.5. The van der Waals surface area contributed by atoms with Crippen molar-refractivity contribution in [1.82, 2.24) is 5.32 Å². The van der Waals surface area contributed by atoms with E-state index < -0.39 is 28.6 Å². The Balaban J connectivity index is 3.08. The van der Waals surface area contributed by atoms with Gasteiger partial charge in [-0.3, -0.25) is 4.79 Å². The van der Waals surface area contributed by atoms with E-state index in [0.717, 1.165) is 12.1 Å². The van der Waals surface area contributed by atoms with Crippen LogP contribution in [0.3, 0.4) is 0 Å². The molecule has 0 aliphatic carbocycles. The Kier molecular flexibility index (Phi) is 5.92. The van der Waals surface area contributed by atoms with E-state index in [9.17, 15) is 13.6 Å². The zero-order chi connectivity index (χ0) is 14.6. The van der Waals surface area contributed by atoms with Crippen LogP contribution in [0.15, 0.2) is 16.6 Å². The second-order valence-corrected chi connectivity index (χ2v) is 5.80. The third kappa shape index (κ3) is 3.75. The molecule has 106 valence electrons. The Bertz CT molecular complexity index is 444. The minimum Gasteiger partial charge on any atom is -0.346 e. The number of nitrogens with one attached hydrogen (secondary N) is 1. The van der Waals surface area contributed by atoms with Crippen molar-refractivity contribution in [2.45, 2.75) is 32.2 Å². The minimum absolute atomic E-state index is 0.261. The van der Waals surface area contributed by atoms with Gasteiger partial charge in [0, 0.05) is 15.3 Å². The molecule has 0 saturated heterocycles. The van der Waals surface area contributed by atoms with E-state index >= 15 is 0 Å². The molecule has 0 aliphatic rings. The summed E-state index contributed by atoms with van der Waals surface area (Å²) in [6, 6.07) is 2.15. The van der Waals surface area contributed by atoms with Crippen molar-refractivity contribution in [2.24, 2.45) is 0 Å². The zero-order valence-electron chi connectivity index (χ0n) is 10.7. The predicted octanol–water partition coefficient (Wildman–Crippen LogP) is 4.41. The van der Waals surface area contributed by atoms with Crippen LogP contribution in [-0.4, -0.2) is 16.8 Å². The Hall–Kier alpha value is -0.490. The summed E-state index contributed by atoms with van der Waals surface area (Å²) >= 11 is 6.31. The fourth-order valence-electron chi connectivity index (χ4n) is 1.71. The second kappa shape index (κ2) is 6.79. The van der Waals surface area contributed by atoms with Gasteiger partial charge in [0.2, 0.25) is 0 Å². The lowest BCUT2D eigenvalue weighted by molar-refractivity contribution is 0.0895. The molecule has 0 bridgehead atoms. The third-order valence-corrected chi connectivity index (χ3v) is 4.75. The zero-order valence-corrected chi connectivity index (χ0v) is 13.9. The van der Waals surface area contributed by atoms with E-state index in [1.54, 1.807) is 0 Å². The van der Waals surface area contributed by atoms with Gasteiger partial charge in [0.25, 0.3) is 5.91 Å². The van der Waals surface area contributed by atoms with Gasteiger partial charge in [-0.25, -0.2) is 8.78 Å². The molecular formula is C13H15Br2F2NO. The monoisotopic (exact) mass is 397 g/mol. The Labute approximate surface area is 128 Å². The quantitative estimate of drug-likeness (QED) is 0.731. The first kappa shape index (κ1) is 16.6. The van der Waals surface area contributed by atoms with Gasteiger partial charge in [0.1, 0.15) is 17.2 Å². The number of halogens is 4. The maximum Gasteiger partial charge on any atom is 0.257 e. The van der Waals surface area contributed by atoms with E-state index in [1.807, 2.05) is 13.8 Å². The molecule has 0 saturated carbocycles. The molecule has 0 radical (unpaired) electrons. The maximum atomic E-state index is 13.7. The van der Waals surface area contributed by atoms with Crippen LogP contribution in [0.5, 0.6) is 0 Å². The lowest BCUT2D eigenvalue weighted by atomic mass is 9.95. The molecule has 1 amide bonds. The van der Waals surface area contributed by atoms with Gasteiger partial charge in [0.15, 0.2) is 0 Å². The smallest absolute Gasteiger partial charge is 0.257 e. The predicted molar refractivity (Wildman–Crippen MR) is 78.6 cm³/mol. The van der Waals surface area contributed by atoms with Gasteiger partial charge < -0.3 is 5.32 Å². The highest BCUT2D eigenvalue weighted by Crippen LogP contribution is 2.22. The first-order chi connectivity index (χ1) is 8.89. The standard InChI is InChI=1S/C13H15Br2F2NO/c1-3-13(4-2,7-14)18-12(19)11-9(16)5-8(15)6-10(11)17/h5-6H,3-4,7H2,1-2H3,(H,18,19). The fourth-order valence-corrected chi connectivity index (χ4v) is 3.05. The first-order valence-corrected chi connectivity index (χ1v) is 7.83. The first-order valence-electron chi connectivity index (χ1n) is 5.92.